The first kappa shape index (κ1) is 10.2. The molecule has 0 aliphatic rings. The molecule has 13 heavy (non-hydrogen) atoms. The van der Waals surface area contributed by atoms with Crippen LogP contribution in [0.4, 0.5) is 0 Å². The van der Waals surface area contributed by atoms with Crippen LogP contribution in [0.15, 0.2) is 30.3 Å². The second-order valence-electron chi connectivity index (χ2n) is 2.92. The maximum atomic E-state index is 8.81. The molecular formula is C10H13NOS. The molecular weight excluding hydrogens is 182 g/mol. The van der Waals surface area contributed by atoms with Gasteiger partial charge in [-0.15, -0.1) is 0 Å². The topological polar surface area (TPSA) is 32.3 Å². The summed E-state index contributed by atoms with van der Waals surface area (Å²) in [4.78, 5) is 0.683. The summed E-state index contributed by atoms with van der Waals surface area (Å²) in [5.74, 6) is 0. The highest BCUT2D eigenvalue weighted by molar-refractivity contribution is 7.80. The summed E-state index contributed by atoms with van der Waals surface area (Å²) in [5.41, 5.74) is 0.984. The minimum absolute atomic E-state index is 0.00714. The van der Waals surface area contributed by atoms with Gasteiger partial charge in [-0.1, -0.05) is 42.5 Å². The summed E-state index contributed by atoms with van der Waals surface area (Å²) in [5, 5.41) is 11.8. The maximum absolute atomic E-state index is 8.81. The zero-order valence-corrected chi connectivity index (χ0v) is 8.34. The molecule has 0 bridgehead atoms. The lowest BCUT2D eigenvalue weighted by Crippen LogP contribution is -2.34. The number of nitrogens with one attached hydrogen (secondary N) is 1. The second-order valence-corrected chi connectivity index (χ2v) is 3.33. The van der Waals surface area contributed by atoms with Gasteiger partial charge in [0.25, 0.3) is 0 Å². The monoisotopic (exact) mass is 195 g/mol. The minimum atomic E-state index is 0.00714. The molecule has 2 nitrogen and oxygen atoms in total. The molecule has 0 saturated carbocycles. The molecule has 0 amide bonds. The fourth-order valence-corrected chi connectivity index (χ4v) is 1.28. The number of hydrogen-bond donors (Lipinski definition) is 2. The molecule has 1 rings (SSSR count). The Morgan fingerprint density at radius 2 is 2.08 bits per heavy atom. The Morgan fingerprint density at radius 1 is 1.46 bits per heavy atom. The molecule has 1 aromatic carbocycles. The Hall–Kier alpha value is -0.930. The van der Waals surface area contributed by atoms with Crippen LogP contribution < -0.4 is 5.32 Å². The Labute approximate surface area is 83.6 Å². The molecule has 0 saturated heterocycles. The van der Waals surface area contributed by atoms with Crippen molar-refractivity contribution in [3.63, 3.8) is 0 Å². The van der Waals surface area contributed by atoms with Gasteiger partial charge in [0.15, 0.2) is 0 Å². The van der Waals surface area contributed by atoms with E-state index in [-0.39, 0.29) is 12.6 Å². The van der Waals surface area contributed by atoms with Crippen LogP contribution in [0.5, 0.6) is 0 Å². The van der Waals surface area contributed by atoms with Crippen molar-refractivity contribution in [1.29, 1.82) is 0 Å². The van der Waals surface area contributed by atoms with Gasteiger partial charge in [0.05, 0.1) is 6.61 Å². The number of hydrogen-bond acceptors (Lipinski definition) is 2. The van der Waals surface area contributed by atoms with E-state index >= 15 is 0 Å². The number of aliphatic hydroxyl groups is 1. The molecule has 3 heteroatoms. The summed E-state index contributed by atoms with van der Waals surface area (Å²) >= 11 is 5.14. The Bertz CT molecular complexity index is 274. The van der Waals surface area contributed by atoms with E-state index in [2.05, 4.69) is 5.32 Å². The predicted molar refractivity (Wildman–Crippen MR) is 57.8 cm³/mol. The molecule has 70 valence electrons. The van der Waals surface area contributed by atoms with Gasteiger partial charge in [0.2, 0.25) is 0 Å². The average molecular weight is 195 g/mol. The molecule has 2 N–H and O–H groups in total. The van der Waals surface area contributed by atoms with Crippen molar-refractivity contribution >= 4 is 17.2 Å². The van der Waals surface area contributed by atoms with Crippen molar-refractivity contribution in [1.82, 2.24) is 5.32 Å². The highest BCUT2D eigenvalue weighted by Crippen LogP contribution is 1.99. The number of thiocarbonyl (C=S) groups is 1. The zero-order valence-electron chi connectivity index (χ0n) is 7.53. The number of aliphatic hydroxyl groups excluding tert-OH is 1. The molecule has 1 unspecified atom stereocenters. The summed E-state index contributed by atoms with van der Waals surface area (Å²) < 4.78 is 0. The van der Waals surface area contributed by atoms with Gasteiger partial charge >= 0.3 is 0 Å². The van der Waals surface area contributed by atoms with Gasteiger partial charge in [0.1, 0.15) is 4.99 Å². The summed E-state index contributed by atoms with van der Waals surface area (Å²) in [6, 6.07) is 9.72. The molecule has 0 aliphatic heterocycles. The summed E-state index contributed by atoms with van der Waals surface area (Å²) in [7, 11) is 0. The largest absolute Gasteiger partial charge is 0.394 e. The molecule has 1 aromatic rings. The van der Waals surface area contributed by atoms with Gasteiger partial charge in [-0.05, 0) is 6.92 Å². The lowest BCUT2D eigenvalue weighted by atomic mass is 10.2. The molecule has 0 heterocycles. The Morgan fingerprint density at radius 3 is 2.62 bits per heavy atom. The molecule has 0 fully saturated rings. The van der Waals surface area contributed by atoms with Crippen molar-refractivity contribution in [2.24, 2.45) is 0 Å². The normalized spacial score (nSPS) is 12.2. The average Bonchev–Trinajstić information content (AvgIpc) is 2.19. The van der Waals surface area contributed by atoms with E-state index in [0.29, 0.717) is 4.99 Å². The summed E-state index contributed by atoms with van der Waals surface area (Å²) in [6.45, 7) is 1.97. The summed E-state index contributed by atoms with van der Waals surface area (Å²) in [6.07, 6.45) is 0. The van der Waals surface area contributed by atoms with Crippen molar-refractivity contribution in [3.05, 3.63) is 35.9 Å². The van der Waals surface area contributed by atoms with Gasteiger partial charge in [-0.25, -0.2) is 0 Å². The van der Waals surface area contributed by atoms with Gasteiger partial charge < -0.3 is 10.4 Å². The Balaban J connectivity index is 2.59. The zero-order chi connectivity index (χ0) is 9.68. The third-order valence-electron chi connectivity index (χ3n) is 1.69. The van der Waals surface area contributed by atoms with Crippen molar-refractivity contribution in [3.8, 4) is 0 Å². The highest BCUT2D eigenvalue weighted by Gasteiger charge is 2.03. The van der Waals surface area contributed by atoms with Crippen LogP contribution in [0.25, 0.3) is 0 Å². The first-order valence-electron chi connectivity index (χ1n) is 4.21. The van der Waals surface area contributed by atoms with Crippen LogP contribution in [0, 0.1) is 0 Å². The SMILES string of the molecule is CC(CO)NC(=S)c1ccccc1. The maximum Gasteiger partial charge on any atom is 0.106 e. The van der Waals surface area contributed by atoms with Crippen LogP contribution in [-0.4, -0.2) is 22.7 Å². The quantitative estimate of drug-likeness (QED) is 0.714. The first-order chi connectivity index (χ1) is 6.24. The lowest BCUT2D eigenvalue weighted by Gasteiger charge is -2.12. The number of benzene rings is 1. The van der Waals surface area contributed by atoms with E-state index in [1.54, 1.807) is 0 Å². The highest BCUT2D eigenvalue weighted by atomic mass is 32.1. The third kappa shape index (κ3) is 3.13. The number of rotatable bonds is 3. The van der Waals surface area contributed by atoms with Crippen molar-refractivity contribution in [2.75, 3.05) is 6.61 Å². The Kier molecular flexibility index (Phi) is 3.86. The van der Waals surface area contributed by atoms with Crippen molar-refractivity contribution in [2.45, 2.75) is 13.0 Å². The lowest BCUT2D eigenvalue weighted by molar-refractivity contribution is 0.264. The van der Waals surface area contributed by atoms with Crippen LogP contribution in [0.1, 0.15) is 12.5 Å². The first-order valence-corrected chi connectivity index (χ1v) is 4.61. The fourth-order valence-electron chi connectivity index (χ4n) is 0.942. The fraction of sp³-hybridized carbons (Fsp3) is 0.300. The molecule has 0 aromatic heterocycles. The van der Waals surface area contributed by atoms with Gasteiger partial charge in [-0.3, -0.25) is 0 Å². The van der Waals surface area contributed by atoms with E-state index < -0.39 is 0 Å². The standard InChI is InChI=1S/C10H13NOS/c1-8(7-12)11-10(13)9-5-3-2-4-6-9/h2-6,8,12H,7H2,1H3,(H,11,13). The van der Waals surface area contributed by atoms with Gasteiger partial charge in [0, 0.05) is 11.6 Å². The third-order valence-corrected chi connectivity index (χ3v) is 2.04. The molecule has 0 radical (unpaired) electrons. The van der Waals surface area contributed by atoms with E-state index in [4.69, 9.17) is 17.3 Å². The van der Waals surface area contributed by atoms with Crippen molar-refractivity contribution < 1.29 is 5.11 Å². The predicted octanol–water partition coefficient (Wildman–Crippen LogP) is 1.33. The minimum Gasteiger partial charge on any atom is -0.394 e. The van der Waals surface area contributed by atoms with Crippen LogP contribution in [0.2, 0.25) is 0 Å². The van der Waals surface area contributed by atoms with E-state index in [1.807, 2.05) is 37.3 Å². The van der Waals surface area contributed by atoms with Crippen LogP contribution >= 0.6 is 12.2 Å². The molecule has 0 spiro atoms. The molecule has 1 atom stereocenters. The van der Waals surface area contributed by atoms with E-state index in [1.165, 1.54) is 0 Å². The smallest absolute Gasteiger partial charge is 0.106 e. The van der Waals surface area contributed by atoms with E-state index in [0.717, 1.165) is 5.56 Å². The second kappa shape index (κ2) is 4.94. The van der Waals surface area contributed by atoms with Crippen LogP contribution in [0.3, 0.4) is 0 Å². The van der Waals surface area contributed by atoms with Crippen LogP contribution in [-0.2, 0) is 0 Å². The molecule has 0 aliphatic carbocycles. The van der Waals surface area contributed by atoms with Gasteiger partial charge in [-0.2, -0.15) is 0 Å². The van der Waals surface area contributed by atoms with E-state index in [9.17, 15) is 0 Å².